The molecule has 21 heavy (non-hydrogen) atoms. The molecular formula is C14H10ClFO4S. The van der Waals surface area contributed by atoms with Crippen LogP contribution in [0.25, 0.3) is 0 Å². The number of halogens is 2. The zero-order valence-electron chi connectivity index (χ0n) is 10.6. The molecule has 7 heteroatoms. The number of sulfone groups is 1. The Morgan fingerprint density at radius 1 is 1.19 bits per heavy atom. The largest absolute Gasteiger partial charge is 0.478 e. The Morgan fingerprint density at radius 3 is 2.48 bits per heavy atom. The van der Waals surface area contributed by atoms with Crippen molar-refractivity contribution < 1.29 is 22.7 Å². The molecule has 0 bridgehead atoms. The van der Waals surface area contributed by atoms with Gasteiger partial charge in [-0.1, -0.05) is 29.8 Å². The Hall–Kier alpha value is -1.92. The van der Waals surface area contributed by atoms with Gasteiger partial charge in [-0.05, 0) is 29.8 Å². The summed E-state index contributed by atoms with van der Waals surface area (Å²) in [6, 6.07) is 8.87. The van der Waals surface area contributed by atoms with Crippen molar-refractivity contribution in [1.82, 2.24) is 0 Å². The van der Waals surface area contributed by atoms with Gasteiger partial charge in [0.15, 0.2) is 9.84 Å². The van der Waals surface area contributed by atoms with E-state index in [4.69, 9.17) is 16.7 Å². The van der Waals surface area contributed by atoms with E-state index >= 15 is 0 Å². The highest BCUT2D eigenvalue weighted by atomic mass is 35.5. The standard InChI is InChI=1S/C14H10ClFO4S/c15-12-7-10(5-6-13(12)16)21(19,20)8-9-3-1-2-4-11(9)14(17)18/h1-7H,8H2,(H,17,18). The van der Waals surface area contributed by atoms with Crippen molar-refractivity contribution in [3.05, 3.63) is 64.4 Å². The Morgan fingerprint density at radius 2 is 1.86 bits per heavy atom. The monoisotopic (exact) mass is 328 g/mol. The summed E-state index contributed by atoms with van der Waals surface area (Å²) in [6.45, 7) is 0. The van der Waals surface area contributed by atoms with Crippen molar-refractivity contribution >= 4 is 27.4 Å². The van der Waals surface area contributed by atoms with Gasteiger partial charge in [0, 0.05) is 0 Å². The van der Waals surface area contributed by atoms with Gasteiger partial charge in [-0.3, -0.25) is 0 Å². The molecule has 0 aliphatic rings. The van der Waals surface area contributed by atoms with Crippen molar-refractivity contribution in [1.29, 1.82) is 0 Å². The number of aromatic carboxylic acids is 1. The Bertz CT molecular complexity index is 802. The predicted octanol–water partition coefficient (Wildman–Crippen LogP) is 3.15. The van der Waals surface area contributed by atoms with Crippen LogP contribution in [-0.2, 0) is 15.6 Å². The Labute approximate surface area is 125 Å². The smallest absolute Gasteiger partial charge is 0.335 e. The van der Waals surface area contributed by atoms with E-state index in [1.165, 1.54) is 18.2 Å². The minimum absolute atomic E-state index is 0.0886. The van der Waals surface area contributed by atoms with Gasteiger partial charge in [0.05, 0.1) is 21.2 Å². The molecule has 0 saturated heterocycles. The fourth-order valence-electron chi connectivity index (χ4n) is 1.81. The van der Waals surface area contributed by atoms with E-state index in [2.05, 4.69) is 0 Å². The lowest BCUT2D eigenvalue weighted by atomic mass is 10.1. The zero-order valence-corrected chi connectivity index (χ0v) is 12.2. The molecule has 0 saturated carbocycles. The highest BCUT2D eigenvalue weighted by molar-refractivity contribution is 7.90. The van der Waals surface area contributed by atoms with E-state index in [0.29, 0.717) is 0 Å². The lowest BCUT2D eigenvalue weighted by Crippen LogP contribution is -2.09. The third-order valence-electron chi connectivity index (χ3n) is 2.84. The van der Waals surface area contributed by atoms with Gasteiger partial charge in [0.2, 0.25) is 0 Å². The average molecular weight is 329 g/mol. The molecular weight excluding hydrogens is 319 g/mol. The number of hydrogen-bond donors (Lipinski definition) is 1. The summed E-state index contributed by atoms with van der Waals surface area (Å²) in [4.78, 5) is 10.9. The molecule has 0 spiro atoms. The van der Waals surface area contributed by atoms with Crippen molar-refractivity contribution in [3.8, 4) is 0 Å². The van der Waals surface area contributed by atoms with E-state index in [0.717, 1.165) is 18.2 Å². The van der Waals surface area contributed by atoms with Gasteiger partial charge >= 0.3 is 5.97 Å². The number of hydrogen-bond acceptors (Lipinski definition) is 3. The topological polar surface area (TPSA) is 71.4 Å². The molecule has 4 nitrogen and oxygen atoms in total. The van der Waals surface area contributed by atoms with Crippen LogP contribution < -0.4 is 0 Å². The molecule has 0 heterocycles. The van der Waals surface area contributed by atoms with Crippen LogP contribution in [0.15, 0.2) is 47.4 Å². The molecule has 2 rings (SSSR count). The third kappa shape index (κ3) is 3.40. The zero-order chi connectivity index (χ0) is 15.6. The van der Waals surface area contributed by atoms with E-state index in [-0.39, 0.29) is 21.0 Å². The first kappa shape index (κ1) is 15.5. The molecule has 0 aliphatic heterocycles. The maximum absolute atomic E-state index is 13.1. The van der Waals surface area contributed by atoms with Crippen LogP contribution in [0.3, 0.4) is 0 Å². The summed E-state index contributed by atoms with van der Waals surface area (Å²) >= 11 is 5.57. The molecule has 1 N–H and O–H groups in total. The Balaban J connectivity index is 2.42. The number of rotatable bonds is 4. The van der Waals surface area contributed by atoms with E-state index < -0.39 is 27.4 Å². The normalized spacial score (nSPS) is 11.3. The first-order chi connectivity index (χ1) is 9.81. The molecule has 0 aromatic heterocycles. The van der Waals surface area contributed by atoms with Crippen LogP contribution >= 0.6 is 11.6 Å². The number of benzene rings is 2. The lowest BCUT2D eigenvalue weighted by molar-refractivity contribution is 0.0696. The molecule has 0 radical (unpaired) electrons. The molecule has 0 aliphatic carbocycles. The van der Waals surface area contributed by atoms with Crippen molar-refractivity contribution in [2.24, 2.45) is 0 Å². The first-order valence-corrected chi connectivity index (χ1v) is 7.83. The summed E-state index contributed by atoms with van der Waals surface area (Å²) in [5.41, 5.74) is 0.0692. The second kappa shape index (κ2) is 5.83. The number of carbonyl (C=O) groups is 1. The van der Waals surface area contributed by atoms with Crippen LogP contribution in [0.5, 0.6) is 0 Å². The van der Waals surface area contributed by atoms with Gasteiger partial charge in [-0.25, -0.2) is 17.6 Å². The second-order valence-electron chi connectivity index (χ2n) is 4.30. The molecule has 0 amide bonds. The van der Waals surface area contributed by atoms with Crippen LogP contribution in [0, 0.1) is 5.82 Å². The maximum Gasteiger partial charge on any atom is 0.335 e. The third-order valence-corrected chi connectivity index (χ3v) is 4.80. The first-order valence-electron chi connectivity index (χ1n) is 5.80. The fraction of sp³-hybridized carbons (Fsp3) is 0.0714. The van der Waals surface area contributed by atoms with Crippen LogP contribution in [0.2, 0.25) is 5.02 Å². The molecule has 0 atom stereocenters. The maximum atomic E-state index is 13.1. The quantitative estimate of drug-likeness (QED) is 0.875. The SMILES string of the molecule is O=C(O)c1ccccc1CS(=O)(=O)c1ccc(F)c(Cl)c1. The Kier molecular flexibility index (Phi) is 4.29. The summed E-state index contributed by atoms with van der Waals surface area (Å²) < 4.78 is 37.6. The highest BCUT2D eigenvalue weighted by Crippen LogP contribution is 2.23. The molecule has 2 aromatic carbocycles. The highest BCUT2D eigenvalue weighted by Gasteiger charge is 2.20. The van der Waals surface area contributed by atoms with E-state index in [1.54, 1.807) is 6.07 Å². The van der Waals surface area contributed by atoms with Gasteiger partial charge in [-0.2, -0.15) is 0 Å². The van der Waals surface area contributed by atoms with Crippen LogP contribution in [0.1, 0.15) is 15.9 Å². The minimum atomic E-state index is -3.82. The van der Waals surface area contributed by atoms with Gasteiger partial charge in [0.1, 0.15) is 5.82 Å². The minimum Gasteiger partial charge on any atom is -0.478 e. The van der Waals surface area contributed by atoms with Gasteiger partial charge in [0.25, 0.3) is 0 Å². The van der Waals surface area contributed by atoms with Gasteiger partial charge in [-0.15, -0.1) is 0 Å². The molecule has 2 aromatic rings. The molecule has 0 fully saturated rings. The van der Waals surface area contributed by atoms with Crippen molar-refractivity contribution in [3.63, 3.8) is 0 Å². The van der Waals surface area contributed by atoms with E-state index in [1.807, 2.05) is 0 Å². The fourth-order valence-corrected chi connectivity index (χ4v) is 3.46. The molecule has 110 valence electrons. The van der Waals surface area contributed by atoms with Crippen molar-refractivity contribution in [2.45, 2.75) is 10.6 Å². The van der Waals surface area contributed by atoms with E-state index in [9.17, 15) is 17.6 Å². The van der Waals surface area contributed by atoms with Gasteiger partial charge < -0.3 is 5.11 Å². The number of carboxylic acids is 1. The van der Waals surface area contributed by atoms with Crippen molar-refractivity contribution in [2.75, 3.05) is 0 Å². The van der Waals surface area contributed by atoms with Crippen LogP contribution in [-0.4, -0.2) is 19.5 Å². The second-order valence-corrected chi connectivity index (χ2v) is 6.69. The average Bonchev–Trinajstić information content (AvgIpc) is 2.41. The summed E-state index contributed by atoms with van der Waals surface area (Å²) in [7, 11) is -3.82. The summed E-state index contributed by atoms with van der Waals surface area (Å²) in [6.07, 6.45) is 0. The number of carboxylic acid groups (broad SMARTS) is 1. The summed E-state index contributed by atoms with van der Waals surface area (Å²) in [5, 5.41) is 8.74. The summed E-state index contributed by atoms with van der Waals surface area (Å²) in [5.74, 6) is -2.43. The van der Waals surface area contributed by atoms with Crippen LogP contribution in [0.4, 0.5) is 4.39 Å². The predicted molar refractivity (Wildman–Crippen MR) is 75.7 cm³/mol. The molecule has 0 unspecified atom stereocenters. The lowest BCUT2D eigenvalue weighted by Gasteiger charge is -2.08.